The van der Waals surface area contributed by atoms with Crippen LogP contribution in [0, 0.1) is 0 Å². The van der Waals surface area contributed by atoms with Crippen molar-refractivity contribution in [2.75, 3.05) is 5.73 Å². The number of pyridine rings is 1. The van der Waals surface area contributed by atoms with Gasteiger partial charge in [0.25, 0.3) is 5.56 Å². The number of aromatic nitrogens is 1. The highest BCUT2D eigenvalue weighted by molar-refractivity contribution is 5.83. The van der Waals surface area contributed by atoms with E-state index in [4.69, 9.17) is 5.73 Å². The molecule has 3 nitrogen and oxygen atoms in total. The fourth-order valence-electron chi connectivity index (χ4n) is 1.37. The monoisotopic (exact) mass is 204 g/mol. The van der Waals surface area contributed by atoms with Crippen LogP contribution in [0.2, 0.25) is 0 Å². The van der Waals surface area contributed by atoms with Gasteiger partial charge in [0.1, 0.15) is 5.82 Å². The Balaban J connectivity index is 0.000000531. The fraction of sp³-hybridized carbons (Fsp3) is 0.250. The smallest absolute Gasteiger partial charge is 0.259 e. The highest BCUT2D eigenvalue weighted by Crippen LogP contribution is 2.11. The van der Waals surface area contributed by atoms with Crippen molar-refractivity contribution in [3.8, 4) is 0 Å². The zero-order valence-electron chi connectivity index (χ0n) is 9.32. The first-order chi connectivity index (χ1) is 7.20. The molecule has 0 amide bonds. The van der Waals surface area contributed by atoms with Gasteiger partial charge in [-0.25, -0.2) is 0 Å². The number of hydrogen-bond acceptors (Lipinski definition) is 2. The van der Waals surface area contributed by atoms with E-state index < -0.39 is 0 Å². The van der Waals surface area contributed by atoms with E-state index in [-0.39, 0.29) is 5.56 Å². The highest BCUT2D eigenvalue weighted by atomic mass is 16.1. The third kappa shape index (κ3) is 2.01. The lowest BCUT2D eigenvalue weighted by molar-refractivity contribution is 0.888. The van der Waals surface area contributed by atoms with Crippen molar-refractivity contribution >= 4 is 16.6 Å². The van der Waals surface area contributed by atoms with Gasteiger partial charge >= 0.3 is 0 Å². The number of nitrogen functional groups attached to an aromatic ring is 1. The van der Waals surface area contributed by atoms with Crippen LogP contribution in [-0.4, -0.2) is 4.57 Å². The summed E-state index contributed by atoms with van der Waals surface area (Å²) >= 11 is 0. The molecule has 0 aliphatic rings. The van der Waals surface area contributed by atoms with Crippen molar-refractivity contribution in [3.63, 3.8) is 0 Å². The zero-order chi connectivity index (χ0) is 11.4. The average Bonchev–Trinajstić information content (AvgIpc) is 2.29. The first-order valence-electron chi connectivity index (χ1n) is 5.04. The Hall–Kier alpha value is -1.77. The van der Waals surface area contributed by atoms with Crippen molar-refractivity contribution in [2.45, 2.75) is 13.8 Å². The van der Waals surface area contributed by atoms with E-state index in [9.17, 15) is 4.79 Å². The first kappa shape index (κ1) is 11.3. The molecule has 15 heavy (non-hydrogen) atoms. The van der Waals surface area contributed by atoms with E-state index in [1.807, 2.05) is 32.0 Å². The van der Waals surface area contributed by atoms with Crippen LogP contribution in [0.4, 0.5) is 5.82 Å². The van der Waals surface area contributed by atoms with E-state index >= 15 is 0 Å². The molecule has 2 aromatic rings. The van der Waals surface area contributed by atoms with Gasteiger partial charge in [0, 0.05) is 12.4 Å². The molecule has 2 N–H and O–H groups in total. The molecule has 2 rings (SSSR count). The summed E-state index contributed by atoms with van der Waals surface area (Å²) in [4.78, 5) is 11.6. The molecular weight excluding hydrogens is 188 g/mol. The Morgan fingerprint density at radius 2 is 1.80 bits per heavy atom. The van der Waals surface area contributed by atoms with E-state index in [0.29, 0.717) is 11.2 Å². The van der Waals surface area contributed by atoms with E-state index in [2.05, 4.69) is 0 Å². The Bertz CT molecular complexity index is 515. The number of hydrogen-bond donors (Lipinski definition) is 1. The van der Waals surface area contributed by atoms with E-state index in [0.717, 1.165) is 5.39 Å². The summed E-state index contributed by atoms with van der Waals surface area (Å²) in [5.74, 6) is 0.490. The van der Waals surface area contributed by atoms with Crippen molar-refractivity contribution < 1.29 is 0 Å². The summed E-state index contributed by atoms with van der Waals surface area (Å²) in [7, 11) is 1.67. The maximum Gasteiger partial charge on any atom is 0.259 e. The van der Waals surface area contributed by atoms with Gasteiger partial charge in [-0.1, -0.05) is 32.0 Å². The molecule has 80 valence electrons. The minimum absolute atomic E-state index is 0.0457. The Labute approximate surface area is 89.1 Å². The molecule has 1 heterocycles. The minimum Gasteiger partial charge on any atom is -0.385 e. The molecule has 1 aromatic heterocycles. The lowest BCUT2D eigenvalue weighted by Crippen LogP contribution is -2.19. The molecule has 3 heteroatoms. The van der Waals surface area contributed by atoms with Crippen LogP contribution in [-0.2, 0) is 7.05 Å². The fourth-order valence-corrected chi connectivity index (χ4v) is 1.37. The van der Waals surface area contributed by atoms with Crippen LogP contribution < -0.4 is 11.3 Å². The highest BCUT2D eigenvalue weighted by Gasteiger charge is 2.01. The lowest BCUT2D eigenvalue weighted by Gasteiger charge is -2.04. The standard InChI is InChI=1S/C10H10N2O.C2H6/c1-12-9(11)6-7-4-2-3-5-8(7)10(12)13;1-2/h2-6H,11H2,1H3;1-2H3. The normalized spacial score (nSPS) is 9.53. The second kappa shape index (κ2) is 4.64. The molecule has 0 unspecified atom stereocenters. The van der Waals surface area contributed by atoms with E-state index in [1.165, 1.54) is 4.57 Å². The molecule has 0 aliphatic heterocycles. The maximum atomic E-state index is 11.6. The number of benzene rings is 1. The topological polar surface area (TPSA) is 48.0 Å². The van der Waals surface area contributed by atoms with Crippen LogP contribution in [0.15, 0.2) is 35.1 Å². The predicted molar refractivity (Wildman–Crippen MR) is 64.9 cm³/mol. The summed E-state index contributed by atoms with van der Waals surface area (Å²) in [6, 6.07) is 9.22. The molecule has 0 atom stereocenters. The summed E-state index contributed by atoms with van der Waals surface area (Å²) in [5.41, 5.74) is 5.60. The maximum absolute atomic E-state index is 11.6. The van der Waals surface area contributed by atoms with Crippen molar-refractivity contribution in [1.82, 2.24) is 4.57 Å². The SMILES string of the molecule is CC.Cn1c(N)cc2ccccc2c1=O. The van der Waals surface area contributed by atoms with Crippen LogP contribution in [0.5, 0.6) is 0 Å². The largest absolute Gasteiger partial charge is 0.385 e. The lowest BCUT2D eigenvalue weighted by atomic mass is 10.2. The average molecular weight is 204 g/mol. The van der Waals surface area contributed by atoms with Gasteiger partial charge in [-0.15, -0.1) is 0 Å². The van der Waals surface area contributed by atoms with Crippen molar-refractivity contribution in [1.29, 1.82) is 0 Å². The molecule has 0 bridgehead atoms. The molecule has 0 spiro atoms. The molecule has 0 saturated carbocycles. The quantitative estimate of drug-likeness (QED) is 0.714. The Morgan fingerprint density at radius 1 is 1.20 bits per heavy atom. The summed E-state index contributed by atoms with van der Waals surface area (Å²) < 4.78 is 1.45. The number of fused-ring (bicyclic) bond motifs is 1. The van der Waals surface area contributed by atoms with Crippen LogP contribution >= 0.6 is 0 Å². The first-order valence-corrected chi connectivity index (χ1v) is 5.04. The van der Waals surface area contributed by atoms with Gasteiger partial charge in [0.05, 0.1) is 0 Å². The van der Waals surface area contributed by atoms with Gasteiger partial charge in [-0.05, 0) is 17.5 Å². The van der Waals surface area contributed by atoms with Crippen LogP contribution in [0.1, 0.15) is 13.8 Å². The number of rotatable bonds is 0. The second-order valence-corrected chi connectivity index (χ2v) is 3.02. The molecule has 0 saturated heterocycles. The van der Waals surface area contributed by atoms with Gasteiger partial charge in [0.2, 0.25) is 0 Å². The van der Waals surface area contributed by atoms with Gasteiger partial charge in [0.15, 0.2) is 0 Å². The second-order valence-electron chi connectivity index (χ2n) is 3.02. The third-order valence-corrected chi connectivity index (χ3v) is 2.19. The summed E-state index contributed by atoms with van der Waals surface area (Å²) in [5, 5.41) is 1.60. The molecule has 0 fully saturated rings. The number of anilines is 1. The zero-order valence-corrected chi connectivity index (χ0v) is 9.32. The van der Waals surface area contributed by atoms with Crippen LogP contribution in [0.3, 0.4) is 0 Å². The molecule has 0 aliphatic carbocycles. The predicted octanol–water partition coefficient (Wildman–Crippen LogP) is 2.15. The van der Waals surface area contributed by atoms with E-state index in [1.54, 1.807) is 19.2 Å². The molecule has 0 radical (unpaired) electrons. The van der Waals surface area contributed by atoms with Crippen molar-refractivity contribution in [2.24, 2.45) is 7.05 Å². The summed E-state index contributed by atoms with van der Waals surface area (Å²) in [6.07, 6.45) is 0. The Kier molecular flexibility index (Phi) is 3.50. The van der Waals surface area contributed by atoms with Gasteiger partial charge in [-0.2, -0.15) is 0 Å². The third-order valence-electron chi connectivity index (χ3n) is 2.19. The van der Waals surface area contributed by atoms with Crippen molar-refractivity contribution in [3.05, 3.63) is 40.7 Å². The number of nitrogens with zero attached hydrogens (tertiary/aromatic N) is 1. The Morgan fingerprint density at radius 3 is 2.47 bits per heavy atom. The summed E-state index contributed by atoms with van der Waals surface area (Å²) in [6.45, 7) is 4.00. The van der Waals surface area contributed by atoms with Gasteiger partial charge in [-0.3, -0.25) is 9.36 Å². The van der Waals surface area contributed by atoms with Crippen LogP contribution in [0.25, 0.3) is 10.8 Å². The molecular formula is C12H16N2O. The molecule has 1 aromatic carbocycles. The minimum atomic E-state index is -0.0457. The number of nitrogens with two attached hydrogens (primary N) is 1. The van der Waals surface area contributed by atoms with Gasteiger partial charge < -0.3 is 5.73 Å².